The molecule has 3 heterocycles. The lowest BCUT2D eigenvalue weighted by atomic mass is 10.1. The van der Waals surface area contributed by atoms with Gasteiger partial charge in [0.05, 0.1) is 24.4 Å². The Balaban J connectivity index is 1.45. The van der Waals surface area contributed by atoms with Gasteiger partial charge in [0.15, 0.2) is 5.82 Å². The lowest BCUT2D eigenvalue weighted by Crippen LogP contribution is -2.30. The number of aromatic nitrogens is 3. The van der Waals surface area contributed by atoms with Crippen molar-refractivity contribution in [1.82, 2.24) is 25.0 Å². The minimum atomic E-state index is -0.773. The summed E-state index contributed by atoms with van der Waals surface area (Å²) >= 11 is 0. The Labute approximate surface area is 166 Å². The standard InChI is InChI=1S/C20H21F2N5O2/c1-13(23-20(28)16-11-14(21)4-5-17(16)22)19-25-24-18-6-7-26(8-9-27(18)19)12-15-3-2-10-29-15/h2-5,10-11,13H,6-9,12H2,1H3,(H,23,28). The molecule has 1 aliphatic rings. The van der Waals surface area contributed by atoms with Crippen molar-refractivity contribution in [2.75, 3.05) is 13.1 Å². The summed E-state index contributed by atoms with van der Waals surface area (Å²) in [6.07, 6.45) is 2.37. The van der Waals surface area contributed by atoms with Crippen molar-refractivity contribution in [2.24, 2.45) is 0 Å². The molecule has 0 bridgehead atoms. The lowest BCUT2D eigenvalue weighted by molar-refractivity contribution is 0.0932. The summed E-state index contributed by atoms with van der Waals surface area (Å²) in [6, 6.07) is 6.09. The van der Waals surface area contributed by atoms with Crippen LogP contribution in [0.5, 0.6) is 0 Å². The molecule has 1 aromatic carbocycles. The van der Waals surface area contributed by atoms with E-state index in [2.05, 4.69) is 20.4 Å². The second-order valence-corrected chi connectivity index (χ2v) is 7.05. The number of halogens is 2. The van der Waals surface area contributed by atoms with Crippen LogP contribution in [0.15, 0.2) is 41.0 Å². The van der Waals surface area contributed by atoms with Crippen LogP contribution in [-0.4, -0.2) is 38.7 Å². The van der Waals surface area contributed by atoms with E-state index in [-0.39, 0.29) is 5.56 Å². The van der Waals surface area contributed by atoms with Gasteiger partial charge >= 0.3 is 0 Å². The van der Waals surface area contributed by atoms with Gasteiger partial charge in [0.2, 0.25) is 0 Å². The van der Waals surface area contributed by atoms with Crippen molar-refractivity contribution >= 4 is 5.91 Å². The maximum atomic E-state index is 13.9. The first-order valence-corrected chi connectivity index (χ1v) is 9.44. The first-order valence-electron chi connectivity index (χ1n) is 9.44. The van der Waals surface area contributed by atoms with Gasteiger partial charge in [-0.25, -0.2) is 8.78 Å². The molecule has 0 aliphatic carbocycles. The summed E-state index contributed by atoms with van der Waals surface area (Å²) in [5.74, 6) is 0.187. The number of amides is 1. The molecule has 1 N–H and O–H groups in total. The third-order valence-electron chi connectivity index (χ3n) is 5.01. The van der Waals surface area contributed by atoms with E-state index < -0.39 is 23.6 Å². The van der Waals surface area contributed by atoms with E-state index in [1.807, 2.05) is 16.7 Å². The second-order valence-electron chi connectivity index (χ2n) is 7.05. The van der Waals surface area contributed by atoms with Crippen molar-refractivity contribution in [1.29, 1.82) is 0 Å². The number of carbonyl (C=O) groups excluding carboxylic acids is 1. The average Bonchev–Trinajstić information content (AvgIpc) is 3.31. The number of fused-ring (bicyclic) bond motifs is 1. The molecule has 0 saturated carbocycles. The van der Waals surface area contributed by atoms with E-state index in [1.54, 1.807) is 13.2 Å². The molecule has 1 aliphatic heterocycles. The quantitative estimate of drug-likeness (QED) is 0.712. The van der Waals surface area contributed by atoms with Crippen LogP contribution < -0.4 is 5.32 Å². The predicted molar refractivity (Wildman–Crippen MR) is 100.0 cm³/mol. The average molecular weight is 401 g/mol. The maximum absolute atomic E-state index is 13.9. The van der Waals surface area contributed by atoms with Gasteiger partial charge in [0, 0.05) is 26.1 Å². The number of nitrogens with zero attached hydrogens (tertiary/aromatic N) is 4. The highest BCUT2D eigenvalue weighted by Gasteiger charge is 2.24. The molecule has 9 heteroatoms. The minimum absolute atomic E-state index is 0.336. The van der Waals surface area contributed by atoms with Crippen LogP contribution in [0.2, 0.25) is 0 Å². The Hall–Kier alpha value is -3.07. The predicted octanol–water partition coefficient (Wildman–Crippen LogP) is 2.70. The molecule has 0 radical (unpaired) electrons. The van der Waals surface area contributed by atoms with E-state index in [0.717, 1.165) is 42.9 Å². The summed E-state index contributed by atoms with van der Waals surface area (Å²) in [5.41, 5.74) is -0.336. The van der Waals surface area contributed by atoms with Crippen molar-refractivity contribution < 1.29 is 18.0 Å². The van der Waals surface area contributed by atoms with Gasteiger partial charge < -0.3 is 14.3 Å². The largest absolute Gasteiger partial charge is 0.468 e. The van der Waals surface area contributed by atoms with Gasteiger partial charge in [-0.2, -0.15) is 0 Å². The third-order valence-corrected chi connectivity index (χ3v) is 5.01. The zero-order chi connectivity index (χ0) is 20.4. The molecule has 1 amide bonds. The van der Waals surface area contributed by atoms with Crippen molar-refractivity contribution in [3.8, 4) is 0 Å². The molecule has 29 heavy (non-hydrogen) atoms. The first-order chi connectivity index (χ1) is 14.0. The Bertz CT molecular complexity index is 1000. The zero-order valence-corrected chi connectivity index (χ0v) is 15.9. The summed E-state index contributed by atoms with van der Waals surface area (Å²) < 4.78 is 34.6. The Morgan fingerprint density at radius 2 is 2.10 bits per heavy atom. The van der Waals surface area contributed by atoms with Gasteiger partial charge in [-0.3, -0.25) is 9.69 Å². The number of hydrogen-bond donors (Lipinski definition) is 1. The molecule has 0 saturated heterocycles. The topological polar surface area (TPSA) is 76.2 Å². The fourth-order valence-corrected chi connectivity index (χ4v) is 3.50. The Morgan fingerprint density at radius 3 is 2.90 bits per heavy atom. The molecule has 152 valence electrons. The van der Waals surface area contributed by atoms with Gasteiger partial charge in [0.1, 0.15) is 23.2 Å². The van der Waals surface area contributed by atoms with Crippen LogP contribution in [-0.2, 0) is 19.5 Å². The smallest absolute Gasteiger partial charge is 0.254 e. The van der Waals surface area contributed by atoms with Crippen LogP contribution in [0.25, 0.3) is 0 Å². The first kappa shape index (κ1) is 19.3. The van der Waals surface area contributed by atoms with Crippen LogP contribution in [0, 0.1) is 11.6 Å². The van der Waals surface area contributed by atoms with Crippen LogP contribution in [0.4, 0.5) is 8.78 Å². The molecule has 7 nitrogen and oxygen atoms in total. The summed E-state index contributed by atoms with van der Waals surface area (Å²) in [7, 11) is 0. The molecule has 0 spiro atoms. The summed E-state index contributed by atoms with van der Waals surface area (Å²) in [5, 5.41) is 11.2. The summed E-state index contributed by atoms with van der Waals surface area (Å²) in [6.45, 7) is 4.71. The Kier molecular flexibility index (Phi) is 5.39. The molecular formula is C20H21F2N5O2. The molecule has 1 atom stereocenters. The Morgan fingerprint density at radius 1 is 1.24 bits per heavy atom. The van der Waals surface area contributed by atoms with E-state index in [1.165, 1.54) is 0 Å². The van der Waals surface area contributed by atoms with Gasteiger partial charge in [-0.1, -0.05) is 0 Å². The third kappa shape index (κ3) is 4.19. The minimum Gasteiger partial charge on any atom is -0.468 e. The molecule has 4 rings (SSSR count). The summed E-state index contributed by atoms with van der Waals surface area (Å²) in [4.78, 5) is 14.7. The number of carbonyl (C=O) groups is 1. The van der Waals surface area contributed by atoms with Crippen molar-refractivity contribution in [3.63, 3.8) is 0 Å². The van der Waals surface area contributed by atoms with Gasteiger partial charge in [-0.05, 0) is 37.3 Å². The second kappa shape index (κ2) is 8.12. The molecular weight excluding hydrogens is 380 g/mol. The fourth-order valence-electron chi connectivity index (χ4n) is 3.50. The van der Waals surface area contributed by atoms with Crippen LogP contribution in [0.1, 0.15) is 40.7 Å². The number of furan rings is 1. The number of rotatable bonds is 5. The number of benzene rings is 1. The number of hydrogen-bond acceptors (Lipinski definition) is 5. The zero-order valence-electron chi connectivity index (χ0n) is 15.9. The lowest BCUT2D eigenvalue weighted by Gasteiger charge is -2.19. The monoisotopic (exact) mass is 401 g/mol. The van der Waals surface area contributed by atoms with Gasteiger partial charge in [0.25, 0.3) is 5.91 Å². The van der Waals surface area contributed by atoms with Crippen LogP contribution in [0.3, 0.4) is 0 Å². The van der Waals surface area contributed by atoms with Crippen molar-refractivity contribution in [3.05, 3.63) is 71.2 Å². The highest BCUT2D eigenvalue weighted by molar-refractivity contribution is 5.94. The molecule has 1 unspecified atom stereocenters. The molecule has 0 fully saturated rings. The van der Waals surface area contributed by atoms with Crippen LogP contribution >= 0.6 is 0 Å². The highest BCUT2D eigenvalue weighted by atomic mass is 19.1. The maximum Gasteiger partial charge on any atom is 0.254 e. The number of nitrogens with one attached hydrogen (secondary N) is 1. The molecule has 2 aromatic heterocycles. The highest BCUT2D eigenvalue weighted by Crippen LogP contribution is 2.18. The van der Waals surface area contributed by atoms with E-state index in [9.17, 15) is 13.6 Å². The molecule has 3 aromatic rings. The van der Waals surface area contributed by atoms with Crippen molar-refractivity contribution in [2.45, 2.75) is 32.5 Å². The van der Waals surface area contributed by atoms with E-state index in [4.69, 9.17) is 4.42 Å². The van der Waals surface area contributed by atoms with E-state index >= 15 is 0 Å². The normalized spacial score (nSPS) is 15.6. The van der Waals surface area contributed by atoms with Gasteiger partial charge in [-0.15, -0.1) is 10.2 Å². The SMILES string of the molecule is CC(NC(=O)c1cc(F)ccc1F)c1nnc2n1CCN(Cc1ccco1)CC2. The fraction of sp³-hybridized carbons (Fsp3) is 0.350. The van der Waals surface area contributed by atoms with E-state index in [0.29, 0.717) is 25.3 Å².